The summed E-state index contributed by atoms with van der Waals surface area (Å²) in [5.41, 5.74) is 0. The fraction of sp³-hybridized carbons (Fsp3) is 0.706. The van der Waals surface area contributed by atoms with Crippen LogP contribution in [0.1, 0.15) is 45.4 Å². The van der Waals surface area contributed by atoms with Crippen molar-refractivity contribution in [2.75, 3.05) is 27.2 Å². The quantitative estimate of drug-likeness (QED) is 0.208. The van der Waals surface area contributed by atoms with Gasteiger partial charge in [0.15, 0.2) is 0 Å². The van der Waals surface area contributed by atoms with Gasteiger partial charge in [0.1, 0.15) is 0 Å². The van der Waals surface area contributed by atoms with Gasteiger partial charge in [0.2, 0.25) is 11.8 Å². The smallest absolute Gasteiger partial charge is 0.334 e. The molecule has 0 aromatic rings. The molecule has 0 aromatic heterocycles. The second kappa shape index (κ2) is 11.3. The Balaban J connectivity index is 2.30. The Morgan fingerprint density at radius 3 is 2.26 bits per heavy atom. The maximum absolute atomic E-state index is 12.3. The highest BCUT2D eigenvalue weighted by Crippen LogP contribution is 2.12. The zero-order valence-corrected chi connectivity index (χ0v) is 16.1. The van der Waals surface area contributed by atoms with Crippen LogP contribution in [0.5, 0.6) is 0 Å². The van der Waals surface area contributed by atoms with Crippen molar-refractivity contribution >= 4 is 29.6 Å². The summed E-state index contributed by atoms with van der Waals surface area (Å²) < 4.78 is 0. The van der Waals surface area contributed by atoms with Gasteiger partial charge in [-0.1, -0.05) is 0 Å². The summed E-state index contributed by atoms with van der Waals surface area (Å²) in [5.74, 6) is -2.13. The lowest BCUT2D eigenvalue weighted by Crippen LogP contribution is -2.44. The molecule has 0 aliphatic carbocycles. The molecule has 10 heteroatoms. The van der Waals surface area contributed by atoms with E-state index in [0.717, 1.165) is 12.8 Å². The van der Waals surface area contributed by atoms with Crippen LogP contribution in [0.4, 0.5) is 0 Å². The molecule has 0 radical (unpaired) electrons. The minimum absolute atomic E-state index is 0.0370. The number of hydrogen-bond acceptors (Lipinski definition) is 7. The standard InChI is InChI=1S/C17H28N4O6/c1-12(22)18-10-5-4-6-13(20(2)3)17(26)19-11-9-16(25)27-21-14(23)7-8-15(21)24/h13H,4-11H2,1-3H3,(H,18,22)(H,19,26)/i1+1,2+1,3+1,19+1. The Morgan fingerprint density at radius 2 is 1.70 bits per heavy atom. The van der Waals surface area contributed by atoms with Gasteiger partial charge in [0, 0.05) is 32.9 Å². The largest absolute Gasteiger partial charge is 0.356 e. The second-order valence-electron chi connectivity index (χ2n) is 6.54. The summed E-state index contributed by atoms with van der Waals surface area (Å²) in [4.78, 5) is 64.1. The monoisotopic (exact) mass is 388 g/mol. The molecule has 0 spiro atoms. The first-order chi connectivity index (χ1) is 12.7. The van der Waals surface area contributed by atoms with Crippen LogP contribution in [0.3, 0.4) is 0 Å². The van der Waals surface area contributed by atoms with E-state index in [9.17, 15) is 24.0 Å². The lowest BCUT2D eigenvalue weighted by molar-refractivity contribution is -0.197. The molecule has 27 heavy (non-hydrogen) atoms. The first kappa shape index (κ1) is 22.6. The van der Waals surface area contributed by atoms with Crippen LogP contribution in [-0.2, 0) is 28.8 Å². The number of carbonyl (C=O) groups is 5. The maximum Gasteiger partial charge on any atom is 0.334 e. The third kappa shape index (κ3) is 8.16. The SMILES string of the molecule is [13CH3]C(=O)NCCCCC(C(=O)[15NH]CCC(=O)ON1C(=O)CCC1=O)N([13CH3])[13CH3]. The van der Waals surface area contributed by atoms with Crippen molar-refractivity contribution in [3.8, 4) is 0 Å². The number of carbonyl (C=O) groups excluding carboxylic acids is 5. The van der Waals surface area contributed by atoms with Crippen LogP contribution in [-0.4, -0.2) is 72.8 Å². The summed E-state index contributed by atoms with van der Waals surface area (Å²) in [6, 6.07) is -0.361. The van der Waals surface area contributed by atoms with E-state index in [1.165, 1.54) is 6.92 Å². The molecule has 10 nitrogen and oxygen atoms in total. The van der Waals surface area contributed by atoms with Crippen LogP contribution in [0.2, 0.25) is 0 Å². The average molecular weight is 388 g/mol. The number of likely N-dealkylation sites (N-methyl/N-ethyl adjacent to an activating group) is 1. The van der Waals surface area contributed by atoms with Gasteiger partial charge in [-0.15, -0.1) is 5.06 Å². The number of imide groups is 1. The summed E-state index contributed by atoms with van der Waals surface area (Å²) in [6.45, 7) is 2.07. The molecule has 0 saturated carbocycles. The lowest BCUT2D eigenvalue weighted by Gasteiger charge is -2.23. The van der Waals surface area contributed by atoms with E-state index in [1.54, 1.807) is 19.0 Å². The normalized spacial score (nSPS) is 15.0. The van der Waals surface area contributed by atoms with Gasteiger partial charge in [0.25, 0.3) is 11.8 Å². The summed E-state index contributed by atoms with van der Waals surface area (Å²) in [5, 5.41) is 5.85. The van der Waals surface area contributed by atoms with Crippen molar-refractivity contribution < 1.29 is 28.8 Å². The summed E-state index contributed by atoms with van der Waals surface area (Å²) in [7, 11) is 3.58. The molecule has 1 aliphatic rings. The lowest BCUT2D eigenvalue weighted by atomic mass is 10.1. The van der Waals surface area contributed by atoms with Crippen molar-refractivity contribution in [3.63, 3.8) is 0 Å². The Hall–Kier alpha value is -2.49. The molecule has 1 rings (SSSR count). The van der Waals surface area contributed by atoms with Crippen LogP contribution >= 0.6 is 0 Å². The fourth-order valence-corrected chi connectivity index (χ4v) is 2.56. The number of nitrogens with one attached hydrogen (secondary N) is 2. The van der Waals surface area contributed by atoms with Crippen LogP contribution in [0.15, 0.2) is 0 Å². The Labute approximate surface area is 158 Å². The van der Waals surface area contributed by atoms with E-state index >= 15 is 0 Å². The third-order valence-corrected chi connectivity index (χ3v) is 4.03. The van der Waals surface area contributed by atoms with Crippen molar-refractivity contribution in [1.82, 2.24) is 20.6 Å². The van der Waals surface area contributed by atoms with Crippen molar-refractivity contribution in [1.29, 1.82) is 0 Å². The third-order valence-electron chi connectivity index (χ3n) is 4.03. The number of hydrogen-bond donors (Lipinski definition) is 2. The molecule has 2 N–H and O–H groups in total. The minimum Gasteiger partial charge on any atom is -0.356 e. The molecule has 1 unspecified atom stereocenters. The van der Waals surface area contributed by atoms with Crippen LogP contribution < -0.4 is 10.6 Å². The zero-order chi connectivity index (χ0) is 20.4. The molecule has 1 atom stereocenters. The highest BCUT2D eigenvalue weighted by molar-refractivity contribution is 6.01. The average Bonchev–Trinajstić information content (AvgIpc) is 2.89. The Morgan fingerprint density at radius 1 is 1.07 bits per heavy atom. The molecule has 152 valence electrons. The predicted octanol–water partition coefficient (Wildman–Crippen LogP) is -0.663. The van der Waals surface area contributed by atoms with E-state index in [-0.39, 0.29) is 43.7 Å². The Bertz CT molecular complexity index is 562. The van der Waals surface area contributed by atoms with Gasteiger partial charge in [-0.25, -0.2) is 4.79 Å². The highest BCUT2D eigenvalue weighted by Gasteiger charge is 2.32. The fourth-order valence-electron chi connectivity index (χ4n) is 2.56. The van der Waals surface area contributed by atoms with Crippen molar-refractivity contribution in [2.24, 2.45) is 0 Å². The number of hydroxylamine groups is 2. The summed E-state index contributed by atoms with van der Waals surface area (Å²) >= 11 is 0. The van der Waals surface area contributed by atoms with E-state index < -0.39 is 17.8 Å². The van der Waals surface area contributed by atoms with E-state index in [4.69, 9.17) is 4.84 Å². The van der Waals surface area contributed by atoms with E-state index in [1.807, 2.05) is 0 Å². The van der Waals surface area contributed by atoms with E-state index in [0.29, 0.717) is 18.0 Å². The highest BCUT2D eigenvalue weighted by atomic mass is 16.7. The van der Waals surface area contributed by atoms with Gasteiger partial charge < -0.3 is 15.5 Å². The number of nitrogens with zero attached hydrogens (tertiary/aromatic N) is 2. The van der Waals surface area contributed by atoms with Gasteiger partial charge in [0.05, 0.1) is 12.5 Å². The molecular weight excluding hydrogens is 360 g/mol. The van der Waals surface area contributed by atoms with Crippen molar-refractivity contribution in [3.05, 3.63) is 0 Å². The molecule has 1 heterocycles. The molecule has 1 saturated heterocycles. The second-order valence-corrected chi connectivity index (χ2v) is 6.54. The minimum atomic E-state index is -0.754. The predicted molar refractivity (Wildman–Crippen MR) is 94.8 cm³/mol. The molecule has 0 aromatic carbocycles. The zero-order valence-electron chi connectivity index (χ0n) is 16.1. The molecular formula is C17H28N4O6. The summed E-state index contributed by atoms with van der Waals surface area (Å²) in [6.07, 6.45) is 2.06. The molecule has 1 aliphatic heterocycles. The van der Waals surface area contributed by atoms with Crippen LogP contribution in [0, 0.1) is 0 Å². The van der Waals surface area contributed by atoms with Gasteiger partial charge in [-0.2, -0.15) is 0 Å². The van der Waals surface area contributed by atoms with E-state index in [2.05, 4.69) is 10.6 Å². The van der Waals surface area contributed by atoms with Gasteiger partial charge >= 0.3 is 5.97 Å². The van der Waals surface area contributed by atoms with Gasteiger partial charge in [-0.3, -0.25) is 24.1 Å². The Kier molecular flexibility index (Phi) is 9.41. The topological polar surface area (TPSA) is 125 Å². The first-order valence-corrected chi connectivity index (χ1v) is 8.97. The first-order valence-electron chi connectivity index (χ1n) is 8.97. The van der Waals surface area contributed by atoms with Crippen molar-refractivity contribution in [2.45, 2.75) is 51.5 Å². The van der Waals surface area contributed by atoms with Crippen LogP contribution in [0.25, 0.3) is 0 Å². The molecule has 0 bridgehead atoms. The maximum atomic E-state index is 12.3. The molecule has 4 amide bonds. The molecule has 1 fully saturated rings. The number of amides is 4. The number of rotatable bonds is 11. The van der Waals surface area contributed by atoms with Gasteiger partial charge in [-0.05, 0) is 33.4 Å². The number of unbranched alkanes of at least 4 members (excludes halogenated alkanes) is 1.